The smallest absolute Gasteiger partial charge is 0.326 e. The molecule has 4 atom stereocenters. The highest BCUT2D eigenvalue weighted by molar-refractivity contribution is 5.94. The molecule has 0 saturated heterocycles. The summed E-state index contributed by atoms with van der Waals surface area (Å²) in [7, 11) is 0. The number of aliphatic hydroxyl groups excluding tert-OH is 1. The Balaban J connectivity index is 2.82. The first-order chi connectivity index (χ1) is 14.0. The fourth-order valence-electron chi connectivity index (χ4n) is 2.26. The van der Waals surface area contributed by atoms with Crippen LogP contribution in [0, 0.1) is 0 Å². The zero-order valence-corrected chi connectivity index (χ0v) is 16.1. The van der Waals surface area contributed by atoms with Crippen molar-refractivity contribution in [3.8, 4) is 0 Å². The third-order valence-corrected chi connectivity index (χ3v) is 3.92. The number of nitrogens with zero attached hydrogens (tertiary/aromatic N) is 1. The number of amides is 4. The van der Waals surface area contributed by atoms with E-state index in [1.807, 2.05) is 0 Å². The largest absolute Gasteiger partial charge is 0.480 e. The maximum atomic E-state index is 12.6. The van der Waals surface area contributed by atoms with Gasteiger partial charge in [0, 0.05) is 18.3 Å². The monoisotopic (exact) mass is 427 g/mol. The van der Waals surface area contributed by atoms with Gasteiger partial charge in [0.1, 0.15) is 24.2 Å². The Bertz CT molecular complexity index is 768. The molecule has 0 bridgehead atoms. The number of aliphatic carboxylic acids is 1. The Morgan fingerprint density at radius 3 is 2.23 bits per heavy atom. The van der Waals surface area contributed by atoms with E-state index < -0.39 is 66.8 Å². The van der Waals surface area contributed by atoms with E-state index in [2.05, 4.69) is 25.9 Å². The molecule has 1 rings (SSSR count). The van der Waals surface area contributed by atoms with Gasteiger partial charge >= 0.3 is 5.97 Å². The number of hydrogen-bond donors (Lipinski definition) is 8. The lowest BCUT2D eigenvalue weighted by molar-refractivity contribution is -0.143. The van der Waals surface area contributed by atoms with Crippen LogP contribution < -0.4 is 27.4 Å². The van der Waals surface area contributed by atoms with E-state index in [9.17, 15) is 24.0 Å². The number of carboxylic acids is 1. The van der Waals surface area contributed by atoms with Crippen LogP contribution in [-0.4, -0.2) is 80.6 Å². The summed E-state index contributed by atoms with van der Waals surface area (Å²) in [6, 6.07) is -5.20. The minimum atomic E-state index is -1.56. The summed E-state index contributed by atoms with van der Waals surface area (Å²) in [6.45, 7) is 0.643. The highest BCUT2D eigenvalue weighted by Gasteiger charge is 2.29. The number of hydrogen-bond acceptors (Lipinski definition) is 8. The zero-order chi connectivity index (χ0) is 22.8. The van der Waals surface area contributed by atoms with Gasteiger partial charge in [-0.2, -0.15) is 0 Å². The third-order valence-electron chi connectivity index (χ3n) is 3.92. The second kappa shape index (κ2) is 11.5. The maximum absolute atomic E-state index is 12.6. The molecule has 4 unspecified atom stereocenters. The van der Waals surface area contributed by atoms with E-state index in [4.69, 9.17) is 21.7 Å². The lowest BCUT2D eigenvalue weighted by atomic mass is 10.1. The molecule has 4 amide bonds. The van der Waals surface area contributed by atoms with Crippen molar-refractivity contribution in [3.05, 3.63) is 18.2 Å². The highest BCUT2D eigenvalue weighted by Crippen LogP contribution is 2.01. The fourth-order valence-corrected chi connectivity index (χ4v) is 2.26. The van der Waals surface area contributed by atoms with Crippen molar-refractivity contribution in [2.24, 2.45) is 11.5 Å². The highest BCUT2D eigenvalue weighted by atomic mass is 16.4. The topological polar surface area (TPSA) is 243 Å². The second-order valence-corrected chi connectivity index (χ2v) is 6.43. The number of rotatable bonds is 12. The van der Waals surface area contributed by atoms with Crippen LogP contribution in [0.2, 0.25) is 0 Å². The van der Waals surface area contributed by atoms with Crippen LogP contribution in [-0.2, 0) is 30.4 Å². The van der Waals surface area contributed by atoms with Crippen LogP contribution in [0.5, 0.6) is 0 Å². The number of aliphatic hydroxyl groups is 1. The minimum absolute atomic E-state index is 0.0243. The molecule has 0 aliphatic heterocycles. The Kier molecular flexibility index (Phi) is 9.38. The molecular formula is C16H25N7O7. The van der Waals surface area contributed by atoms with E-state index in [0.717, 1.165) is 0 Å². The standard InChI is InChI=1S/C16H25N7O7/c1-7(13(26)23-11(16(29)30)3-12(18)25)21-15(28)10(2-8-4-19-6-20-8)22-14(27)9(17)5-24/h4,6-7,9-11,24H,2-3,5,17H2,1H3,(H2,18,25)(H,19,20)(H,21,28)(H,22,27)(H,23,26)(H,29,30). The van der Waals surface area contributed by atoms with Gasteiger partial charge in [0.2, 0.25) is 23.6 Å². The number of aromatic amines is 1. The molecule has 1 aromatic heterocycles. The van der Waals surface area contributed by atoms with Gasteiger partial charge in [-0.05, 0) is 6.92 Å². The summed E-state index contributed by atoms with van der Waals surface area (Å²) in [5, 5.41) is 24.8. The first-order valence-electron chi connectivity index (χ1n) is 8.81. The predicted molar refractivity (Wildman–Crippen MR) is 100 cm³/mol. The molecule has 0 saturated carbocycles. The number of nitrogens with two attached hydrogens (primary N) is 2. The Labute approximate surface area is 170 Å². The van der Waals surface area contributed by atoms with Gasteiger partial charge in [-0.15, -0.1) is 0 Å². The lowest BCUT2D eigenvalue weighted by Gasteiger charge is -2.22. The van der Waals surface area contributed by atoms with E-state index in [1.165, 1.54) is 19.4 Å². The molecule has 0 aliphatic rings. The summed E-state index contributed by atoms with van der Waals surface area (Å²) in [6.07, 6.45) is 2.14. The number of carbonyl (C=O) groups excluding carboxylic acids is 4. The first kappa shape index (κ1) is 24.5. The molecule has 0 aromatic carbocycles. The summed E-state index contributed by atoms with van der Waals surface area (Å²) >= 11 is 0. The summed E-state index contributed by atoms with van der Waals surface area (Å²) < 4.78 is 0. The van der Waals surface area contributed by atoms with Gasteiger partial charge in [0.05, 0.1) is 19.4 Å². The van der Waals surface area contributed by atoms with Crippen LogP contribution in [0.15, 0.2) is 12.5 Å². The number of aromatic nitrogens is 2. The van der Waals surface area contributed by atoms with Crippen LogP contribution in [0.25, 0.3) is 0 Å². The summed E-state index contributed by atoms with van der Waals surface area (Å²) in [5.74, 6) is -4.84. The Morgan fingerprint density at radius 1 is 1.10 bits per heavy atom. The zero-order valence-electron chi connectivity index (χ0n) is 16.1. The van der Waals surface area contributed by atoms with Gasteiger partial charge < -0.3 is 42.6 Å². The molecule has 0 radical (unpaired) electrons. The quantitative estimate of drug-likeness (QED) is 0.161. The van der Waals surface area contributed by atoms with E-state index in [1.54, 1.807) is 0 Å². The van der Waals surface area contributed by atoms with Crippen molar-refractivity contribution >= 4 is 29.6 Å². The molecular weight excluding hydrogens is 402 g/mol. The second-order valence-electron chi connectivity index (χ2n) is 6.43. The van der Waals surface area contributed by atoms with Gasteiger partial charge in [-0.25, -0.2) is 9.78 Å². The van der Waals surface area contributed by atoms with Crippen molar-refractivity contribution in [1.82, 2.24) is 25.9 Å². The van der Waals surface area contributed by atoms with E-state index >= 15 is 0 Å². The summed E-state index contributed by atoms with van der Waals surface area (Å²) in [5.41, 5.74) is 10.9. The van der Waals surface area contributed by atoms with Crippen molar-refractivity contribution in [1.29, 1.82) is 0 Å². The molecule has 0 fully saturated rings. The first-order valence-corrected chi connectivity index (χ1v) is 8.81. The van der Waals surface area contributed by atoms with Crippen LogP contribution in [0.1, 0.15) is 19.0 Å². The summed E-state index contributed by atoms with van der Waals surface area (Å²) in [4.78, 5) is 65.4. The molecule has 10 N–H and O–H groups in total. The van der Waals surface area contributed by atoms with Gasteiger partial charge in [-0.3, -0.25) is 19.2 Å². The predicted octanol–water partition coefficient (Wildman–Crippen LogP) is -4.29. The van der Waals surface area contributed by atoms with Gasteiger partial charge in [0.15, 0.2) is 0 Å². The number of imidazole rings is 1. The molecule has 1 aromatic rings. The van der Waals surface area contributed by atoms with Crippen LogP contribution in [0.4, 0.5) is 0 Å². The molecule has 30 heavy (non-hydrogen) atoms. The lowest BCUT2D eigenvalue weighted by Crippen LogP contribution is -2.57. The number of carboxylic acid groups (broad SMARTS) is 1. The van der Waals surface area contributed by atoms with Crippen molar-refractivity contribution < 1.29 is 34.2 Å². The van der Waals surface area contributed by atoms with Crippen molar-refractivity contribution in [3.63, 3.8) is 0 Å². The van der Waals surface area contributed by atoms with Crippen molar-refractivity contribution in [2.45, 2.75) is 43.9 Å². The Hall–Kier alpha value is -3.52. The molecule has 14 heteroatoms. The van der Waals surface area contributed by atoms with E-state index in [0.29, 0.717) is 5.69 Å². The normalized spacial score (nSPS) is 14.6. The van der Waals surface area contributed by atoms with Crippen LogP contribution in [0.3, 0.4) is 0 Å². The Morgan fingerprint density at radius 2 is 1.73 bits per heavy atom. The molecule has 1 heterocycles. The molecule has 0 spiro atoms. The minimum Gasteiger partial charge on any atom is -0.480 e. The average molecular weight is 427 g/mol. The fraction of sp³-hybridized carbons (Fsp3) is 0.500. The SMILES string of the molecule is CC(NC(=O)C(Cc1cnc[nH]1)NC(=O)C(N)CO)C(=O)NC(CC(N)=O)C(=O)O. The molecule has 14 nitrogen and oxygen atoms in total. The number of primary amides is 1. The number of carbonyl (C=O) groups is 5. The number of H-pyrrole nitrogens is 1. The molecule has 0 aliphatic carbocycles. The number of nitrogens with one attached hydrogen (secondary N) is 4. The maximum Gasteiger partial charge on any atom is 0.326 e. The van der Waals surface area contributed by atoms with Gasteiger partial charge in [-0.1, -0.05) is 0 Å². The van der Waals surface area contributed by atoms with Crippen LogP contribution >= 0.6 is 0 Å². The molecule has 166 valence electrons. The van der Waals surface area contributed by atoms with Gasteiger partial charge in [0.25, 0.3) is 0 Å². The average Bonchev–Trinajstić information content (AvgIpc) is 3.18. The van der Waals surface area contributed by atoms with E-state index in [-0.39, 0.29) is 6.42 Å². The third kappa shape index (κ3) is 7.84. The van der Waals surface area contributed by atoms with Crippen molar-refractivity contribution in [2.75, 3.05) is 6.61 Å².